The fourth-order valence-electron chi connectivity index (χ4n) is 4.23. The Labute approximate surface area is 193 Å². The Morgan fingerprint density at radius 3 is 2.73 bits per heavy atom. The van der Waals surface area contributed by atoms with E-state index in [1.165, 1.54) is 30.1 Å². The van der Waals surface area contributed by atoms with E-state index in [1.54, 1.807) is 12.1 Å². The molecule has 0 spiro atoms. The molecule has 0 fully saturated rings. The zero-order valence-electron chi connectivity index (χ0n) is 18.5. The average molecular weight is 469 g/mol. The lowest BCUT2D eigenvalue weighted by atomic mass is 9.87. The fraction of sp³-hybridized carbons (Fsp3) is 0.333. The van der Waals surface area contributed by atoms with Crippen LogP contribution in [0.15, 0.2) is 59.8 Å². The minimum Gasteiger partial charge on any atom is -0.352 e. The van der Waals surface area contributed by atoms with Crippen LogP contribution in [0.2, 0.25) is 0 Å². The van der Waals surface area contributed by atoms with E-state index in [-0.39, 0.29) is 23.9 Å². The van der Waals surface area contributed by atoms with Gasteiger partial charge in [-0.1, -0.05) is 35.9 Å². The molecule has 2 amide bonds. The smallest absolute Gasteiger partial charge is 0.264 e. The number of nitrogens with two attached hydrogens (primary N) is 1. The predicted octanol–water partition coefficient (Wildman–Crippen LogP) is 2.00. The van der Waals surface area contributed by atoms with Gasteiger partial charge in [-0.25, -0.2) is 8.42 Å². The van der Waals surface area contributed by atoms with Crippen LogP contribution in [0, 0.1) is 6.92 Å². The molecule has 0 radical (unpaired) electrons. The zero-order valence-corrected chi connectivity index (χ0v) is 19.3. The Kier molecular flexibility index (Phi) is 6.53. The summed E-state index contributed by atoms with van der Waals surface area (Å²) in [5.74, 6) is -0.963. The van der Waals surface area contributed by atoms with Gasteiger partial charge < -0.3 is 16.4 Å². The van der Waals surface area contributed by atoms with Gasteiger partial charge in [0.2, 0.25) is 11.8 Å². The molecule has 174 valence electrons. The van der Waals surface area contributed by atoms with Crippen LogP contribution in [0.4, 0.5) is 0 Å². The molecule has 0 saturated heterocycles. The van der Waals surface area contributed by atoms with E-state index in [1.807, 2.05) is 19.1 Å². The van der Waals surface area contributed by atoms with Crippen molar-refractivity contribution in [3.63, 3.8) is 0 Å². The first kappa shape index (κ1) is 23.0. The fourth-order valence-corrected chi connectivity index (χ4v) is 5.68. The Hall–Kier alpha value is -3.17. The molecule has 1 aliphatic carbocycles. The Morgan fingerprint density at radius 2 is 1.97 bits per heavy atom. The lowest BCUT2D eigenvalue weighted by molar-refractivity contribution is -0.129. The van der Waals surface area contributed by atoms with E-state index in [0.29, 0.717) is 0 Å². The van der Waals surface area contributed by atoms with Crippen molar-refractivity contribution in [2.75, 3.05) is 0 Å². The number of amides is 2. The van der Waals surface area contributed by atoms with Crippen LogP contribution >= 0.6 is 0 Å². The van der Waals surface area contributed by atoms with E-state index in [4.69, 9.17) is 5.73 Å². The van der Waals surface area contributed by atoms with Crippen molar-refractivity contribution < 1.29 is 18.0 Å². The van der Waals surface area contributed by atoms with E-state index in [9.17, 15) is 18.0 Å². The maximum Gasteiger partial charge on any atom is 0.264 e. The van der Waals surface area contributed by atoms with Crippen LogP contribution in [0.3, 0.4) is 0 Å². The lowest BCUT2D eigenvalue weighted by Gasteiger charge is -2.31. The molecule has 8 nitrogen and oxygen atoms in total. The second-order valence-corrected chi connectivity index (χ2v) is 10.3. The Morgan fingerprint density at radius 1 is 1.21 bits per heavy atom. The number of nitrogens with one attached hydrogen (secondary N) is 2. The van der Waals surface area contributed by atoms with Gasteiger partial charge in [0.05, 0.1) is 11.3 Å². The Bertz CT molecular complexity index is 1190. The largest absolute Gasteiger partial charge is 0.352 e. The van der Waals surface area contributed by atoms with Crippen LogP contribution in [0.25, 0.3) is 0 Å². The van der Waals surface area contributed by atoms with Gasteiger partial charge in [0.25, 0.3) is 10.0 Å². The maximum absolute atomic E-state index is 13.1. The van der Waals surface area contributed by atoms with Crippen molar-refractivity contribution in [3.8, 4) is 0 Å². The number of hydrogen-bond acceptors (Lipinski definition) is 5. The number of benzene rings is 2. The minimum absolute atomic E-state index is 0.0525. The molecular weight excluding hydrogens is 440 g/mol. The van der Waals surface area contributed by atoms with Gasteiger partial charge in [-0.05, 0) is 55.0 Å². The van der Waals surface area contributed by atoms with Crippen LogP contribution in [0.1, 0.15) is 47.6 Å². The molecule has 0 saturated carbocycles. The highest BCUT2D eigenvalue weighted by molar-refractivity contribution is 7.89. The second kappa shape index (κ2) is 9.36. The second-order valence-electron chi connectivity index (χ2n) is 8.50. The number of rotatable bonds is 6. The third-order valence-corrected chi connectivity index (χ3v) is 7.89. The topological polar surface area (TPSA) is 122 Å². The molecule has 1 aliphatic heterocycles. The number of fused-ring (bicyclic) bond motifs is 1. The van der Waals surface area contributed by atoms with E-state index >= 15 is 0 Å². The normalized spacial score (nSPS) is 20.2. The summed E-state index contributed by atoms with van der Waals surface area (Å²) in [4.78, 5) is 25.2. The molecule has 2 unspecified atom stereocenters. The number of carbonyl (C=O) groups is 2. The molecular formula is C24H28N4O4S. The molecule has 4 N–H and O–H groups in total. The molecule has 9 heteroatoms. The van der Waals surface area contributed by atoms with Crippen LogP contribution in [0.5, 0.6) is 0 Å². The SMILES string of the molecule is Cc1ccc(S(=O)(=O)N2C=CNC(=O)C2CC(=O)NCc2ccc3c(c2)CCCC3N)cc1. The van der Waals surface area contributed by atoms with E-state index < -0.39 is 27.9 Å². The first-order chi connectivity index (χ1) is 15.8. The minimum atomic E-state index is -4.00. The predicted molar refractivity (Wildman–Crippen MR) is 124 cm³/mol. The molecule has 0 aromatic heterocycles. The molecule has 2 aromatic rings. The van der Waals surface area contributed by atoms with Gasteiger partial charge in [0, 0.05) is 25.0 Å². The van der Waals surface area contributed by atoms with Crippen molar-refractivity contribution in [1.82, 2.24) is 14.9 Å². The number of sulfonamides is 1. The third kappa shape index (κ3) is 4.94. The maximum atomic E-state index is 13.1. The summed E-state index contributed by atoms with van der Waals surface area (Å²) in [7, 11) is -4.00. The van der Waals surface area contributed by atoms with Gasteiger partial charge in [-0.3, -0.25) is 13.9 Å². The summed E-state index contributed by atoms with van der Waals surface area (Å²) in [6, 6.07) is 11.2. The Balaban J connectivity index is 1.45. The monoisotopic (exact) mass is 468 g/mol. The summed E-state index contributed by atoms with van der Waals surface area (Å²) in [5, 5.41) is 5.30. The number of nitrogens with zero attached hydrogens (tertiary/aromatic N) is 1. The van der Waals surface area contributed by atoms with Gasteiger partial charge >= 0.3 is 0 Å². The van der Waals surface area contributed by atoms with Crippen molar-refractivity contribution in [2.45, 2.75) is 56.1 Å². The quantitative estimate of drug-likeness (QED) is 0.599. The summed E-state index contributed by atoms with van der Waals surface area (Å²) in [6.07, 6.45) is 5.23. The highest BCUT2D eigenvalue weighted by atomic mass is 32.2. The van der Waals surface area contributed by atoms with Crippen molar-refractivity contribution >= 4 is 21.8 Å². The average Bonchev–Trinajstić information content (AvgIpc) is 2.79. The molecule has 1 heterocycles. The van der Waals surface area contributed by atoms with Crippen molar-refractivity contribution in [2.24, 2.45) is 5.73 Å². The molecule has 0 bridgehead atoms. The van der Waals surface area contributed by atoms with Crippen molar-refractivity contribution in [3.05, 3.63) is 77.1 Å². The summed E-state index contributed by atoms with van der Waals surface area (Å²) < 4.78 is 27.2. The van der Waals surface area contributed by atoms with E-state index in [0.717, 1.165) is 40.3 Å². The zero-order chi connectivity index (χ0) is 23.6. The standard InChI is InChI=1S/C24H28N4O4S/c1-16-5-8-19(9-6-16)33(31,32)28-12-11-26-24(30)22(28)14-23(29)27-15-17-7-10-20-18(13-17)3-2-4-21(20)25/h5-13,21-22H,2-4,14-15,25H2,1H3,(H,26,30)(H,27,29). The molecule has 2 aromatic carbocycles. The van der Waals surface area contributed by atoms with Gasteiger partial charge in [0.1, 0.15) is 6.04 Å². The highest BCUT2D eigenvalue weighted by Crippen LogP contribution is 2.28. The molecule has 2 aliphatic rings. The number of aryl methyl sites for hydroxylation is 2. The molecule has 2 atom stereocenters. The van der Waals surface area contributed by atoms with Crippen LogP contribution in [-0.4, -0.2) is 30.6 Å². The summed E-state index contributed by atoms with van der Waals surface area (Å²) in [6.45, 7) is 2.14. The molecule has 33 heavy (non-hydrogen) atoms. The van der Waals surface area contributed by atoms with E-state index in [2.05, 4.69) is 16.7 Å². The lowest BCUT2D eigenvalue weighted by Crippen LogP contribution is -2.51. The first-order valence-corrected chi connectivity index (χ1v) is 12.4. The molecule has 4 rings (SSSR count). The van der Waals surface area contributed by atoms with Crippen molar-refractivity contribution in [1.29, 1.82) is 0 Å². The highest BCUT2D eigenvalue weighted by Gasteiger charge is 2.36. The number of hydrogen-bond donors (Lipinski definition) is 3. The first-order valence-electron chi connectivity index (χ1n) is 11.0. The number of carbonyl (C=O) groups excluding carboxylic acids is 2. The van der Waals surface area contributed by atoms with Crippen LogP contribution < -0.4 is 16.4 Å². The van der Waals surface area contributed by atoms with Crippen LogP contribution in [-0.2, 0) is 32.6 Å². The van der Waals surface area contributed by atoms with Gasteiger partial charge in [-0.15, -0.1) is 0 Å². The third-order valence-electron chi connectivity index (χ3n) is 6.09. The van der Waals surface area contributed by atoms with Gasteiger partial charge in [0.15, 0.2) is 0 Å². The summed E-state index contributed by atoms with van der Waals surface area (Å²) in [5.41, 5.74) is 10.4. The summed E-state index contributed by atoms with van der Waals surface area (Å²) >= 11 is 0. The van der Waals surface area contributed by atoms with Gasteiger partial charge in [-0.2, -0.15) is 0 Å².